The number of aliphatic hydroxyl groups excluding tert-OH is 1. The summed E-state index contributed by atoms with van der Waals surface area (Å²) in [5, 5.41) is 18.6. The molecule has 18 heavy (non-hydrogen) atoms. The number of hydrogen-bond acceptors (Lipinski definition) is 5. The molecule has 0 unspecified atom stereocenters. The van der Waals surface area contributed by atoms with Gasteiger partial charge in [0.15, 0.2) is 0 Å². The van der Waals surface area contributed by atoms with E-state index in [0.29, 0.717) is 0 Å². The molecule has 0 heterocycles. The molecule has 1 aliphatic carbocycles. The topological polar surface area (TPSA) is 101 Å². The van der Waals surface area contributed by atoms with Crippen molar-refractivity contribution in [3.8, 4) is 0 Å². The molecule has 1 aromatic rings. The van der Waals surface area contributed by atoms with Crippen molar-refractivity contribution < 1.29 is 29.3 Å². The van der Waals surface area contributed by atoms with Crippen molar-refractivity contribution in [2.45, 2.75) is 0 Å². The van der Waals surface area contributed by atoms with Crippen LogP contribution in [-0.4, -0.2) is 35.0 Å². The first-order valence-electron chi connectivity index (χ1n) is 4.91. The van der Waals surface area contributed by atoms with Crippen LogP contribution in [0.3, 0.4) is 0 Å². The van der Waals surface area contributed by atoms with Crippen LogP contribution in [0, 0.1) is 0 Å². The molecule has 0 aliphatic heterocycles. The second-order valence-electron chi connectivity index (χ2n) is 3.61. The van der Waals surface area contributed by atoms with Gasteiger partial charge in [-0.15, -0.1) is 0 Å². The van der Waals surface area contributed by atoms with E-state index in [9.17, 15) is 19.5 Å². The predicted molar refractivity (Wildman–Crippen MR) is 59.3 cm³/mol. The average Bonchev–Trinajstić information content (AvgIpc) is 2.61. The van der Waals surface area contributed by atoms with Gasteiger partial charge in [0.25, 0.3) is 0 Å². The van der Waals surface area contributed by atoms with Crippen LogP contribution in [0.2, 0.25) is 0 Å². The number of carboxylic acid groups (broad SMARTS) is 1. The number of carboxylic acids is 1. The van der Waals surface area contributed by atoms with Crippen LogP contribution >= 0.6 is 0 Å². The predicted octanol–water partition coefficient (Wildman–Crippen LogP) is 1.02. The molecule has 0 atom stereocenters. The summed E-state index contributed by atoms with van der Waals surface area (Å²) in [7, 11) is 1.08. The molecular formula is C12H8O6. The molecule has 1 aliphatic rings. The number of benzene rings is 1. The third-order valence-corrected chi connectivity index (χ3v) is 2.62. The van der Waals surface area contributed by atoms with Gasteiger partial charge < -0.3 is 14.9 Å². The van der Waals surface area contributed by atoms with E-state index < -0.39 is 29.1 Å². The SMILES string of the molecule is COC(=O)C1=C(O)c2ccc(C(=O)O)cc2C1=O. The Morgan fingerprint density at radius 3 is 2.44 bits per heavy atom. The van der Waals surface area contributed by atoms with Crippen molar-refractivity contribution in [1.82, 2.24) is 0 Å². The Kier molecular flexibility index (Phi) is 2.63. The summed E-state index contributed by atoms with van der Waals surface area (Å²) in [5.41, 5.74) is -0.464. The number of ether oxygens (including phenoxy) is 1. The summed E-state index contributed by atoms with van der Waals surface area (Å²) in [6.45, 7) is 0. The highest BCUT2D eigenvalue weighted by molar-refractivity contribution is 6.32. The molecule has 2 N–H and O–H groups in total. The highest BCUT2D eigenvalue weighted by Crippen LogP contribution is 2.32. The first-order chi connectivity index (χ1) is 8.47. The number of rotatable bonds is 2. The summed E-state index contributed by atoms with van der Waals surface area (Å²) in [6, 6.07) is 3.64. The molecule has 0 radical (unpaired) electrons. The van der Waals surface area contributed by atoms with Crippen molar-refractivity contribution >= 4 is 23.5 Å². The van der Waals surface area contributed by atoms with Gasteiger partial charge >= 0.3 is 11.9 Å². The number of Topliss-reactive ketones (excluding diaryl/α,β-unsaturated/α-hetero) is 1. The van der Waals surface area contributed by atoms with E-state index in [2.05, 4.69) is 4.74 Å². The van der Waals surface area contributed by atoms with Crippen LogP contribution in [0.25, 0.3) is 5.76 Å². The molecule has 6 heteroatoms. The Labute approximate surface area is 101 Å². The monoisotopic (exact) mass is 248 g/mol. The van der Waals surface area contributed by atoms with E-state index in [1.54, 1.807) is 0 Å². The molecule has 0 aromatic heterocycles. The number of hydrogen-bond donors (Lipinski definition) is 2. The molecule has 0 fully saturated rings. The molecule has 1 aromatic carbocycles. The average molecular weight is 248 g/mol. The van der Waals surface area contributed by atoms with Gasteiger partial charge in [-0.1, -0.05) is 0 Å². The number of aliphatic hydroxyl groups is 1. The first kappa shape index (κ1) is 11.8. The van der Waals surface area contributed by atoms with E-state index in [1.165, 1.54) is 12.1 Å². The lowest BCUT2D eigenvalue weighted by Gasteiger charge is -1.99. The normalized spacial score (nSPS) is 13.5. The highest BCUT2D eigenvalue weighted by atomic mass is 16.5. The summed E-state index contributed by atoms with van der Waals surface area (Å²) in [5.74, 6) is -3.38. The van der Waals surface area contributed by atoms with Gasteiger partial charge in [-0.25, -0.2) is 9.59 Å². The molecule has 0 bridgehead atoms. The van der Waals surface area contributed by atoms with Crippen LogP contribution in [0.5, 0.6) is 0 Å². The molecule has 2 rings (SSSR count). The molecule has 0 spiro atoms. The molecule has 0 amide bonds. The van der Waals surface area contributed by atoms with E-state index >= 15 is 0 Å². The summed E-state index contributed by atoms with van der Waals surface area (Å²) < 4.78 is 4.39. The van der Waals surface area contributed by atoms with Gasteiger partial charge in [-0.05, 0) is 18.2 Å². The van der Waals surface area contributed by atoms with Crippen molar-refractivity contribution in [3.05, 3.63) is 40.5 Å². The summed E-state index contributed by atoms with van der Waals surface area (Å²) >= 11 is 0. The van der Waals surface area contributed by atoms with E-state index in [1.807, 2.05) is 0 Å². The Bertz CT molecular complexity index is 611. The van der Waals surface area contributed by atoms with Crippen LogP contribution in [0.1, 0.15) is 26.3 Å². The first-order valence-corrected chi connectivity index (χ1v) is 4.91. The zero-order chi connectivity index (χ0) is 13.4. The van der Waals surface area contributed by atoms with Crippen molar-refractivity contribution in [1.29, 1.82) is 0 Å². The number of aromatic carboxylic acids is 1. The molecule has 0 saturated carbocycles. The van der Waals surface area contributed by atoms with Gasteiger partial charge in [-0.2, -0.15) is 0 Å². The van der Waals surface area contributed by atoms with Crippen LogP contribution in [0.15, 0.2) is 23.8 Å². The van der Waals surface area contributed by atoms with Crippen molar-refractivity contribution in [3.63, 3.8) is 0 Å². The number of carbonyl (C=O) groups is 3. The lowest BCUT2D eigenvalue weighted by atomic mass is 10.0. The highest BCUT2D eigenvalue weighted by Gasteiger charge is 2.35. The second kappa shape index (κ2) is 3.99. The number of carbonyl (C=O) groups excluding carboxylic acids is 2. The van der Waals surface area contributed by atoms with Crippen LogP contribution in [-0.2, 0) is 9.53 Å². The maximum Gasteiger partial charge on any atom is 0.345 e. The Hall–Kier alpha value is -2.63. The van der Waals surface area contributed by atoms with E-state index in [0.717, 1.165) is 13.2 Å². The molecule has 6 nitrogen and oxygen atoms in total. The largest absolute Gasteiger partial charge is 0.506 e. The molecule has 92 valence electrons. The van der Waals surface area contributed by atoms with Crippen molar-refractivity contribution in [2.75, 3.05) is 7.11 Å². The smallest absolute Gasteiger partial charge is 0.345 e. The maximum absolute atomic E-state index is 11.9. The lowest BCUT2D eigenvalue weighted by Crippen LogP contribution is -2.12. The van der Waals surface area contributed by atoms with Gasteiger partial charge in [0.2, 0.25) is 5.78 Å². The van der Waals surface area contributed by atoms with Gasteiger partial charge in [0, 0.05) is 11.1 Å². The van der Waals surface area contributed by atoms with Gasteiger partial charge in [0.1, 0.15) is 11.3 Å². The number of methoxy groups -OCH3 is 1. The maximum atomic E-state index is 11.9. The number of fused-ring (bicyclic) bond motifs is 1. The van der Waals surface area contributed by atoms with Crippen LogP contribution in [0.4, 0.5) is 0 Å². The van der Waals surface area contributed by atoms with Gasteiger partial charge in [-0.3, -0.25) is 4.79 Å². The van der Waals surface area contributed by atoms with E-state index in [4.69, 9.17) is 5.11 Å². The molecule has 0 saturated heterocycles. The quantitative estimate of drug-likeness (QED) is 0.598. The zero-order valence-corrected chi connectivity index (χ0v) is 9.26. The van der Waals surface area contributed by atoms with Gasteiger partial charge in [0.05, 0.1) is 12.7 Å². The van der Waals surface area contributed by atoms with E-state index in [-0.39, 0.29) is 16.7 Å². The fourth-order valence-electron chi connectivity index (χ4n) is 1.74. The minimum atomic E-state index is -1.20. The van der Waals surface area contributed by atoms with Crippen LogP contribution < -0.4 is 0 Å². The lowest BCUT2D eigenvalue weighted by molar-refractivity contribution is -0.135. The third kappa shape index (κ3) is 1.55. The standard InChI is InChI=1S/C12H8O6/c1-18-12(17)8-9(13)6-3-2-5(11(15)16)4-7(6)10(8)14/h2-4,13H,1H3,(H,15,16). The second-order valence-corrected chi connectivity index (χ2v) is 3.61. The van der Waals surface area contributed by atoms with Crippen molar-refractivity contribution in [2.24, 2.45) is 0 Å². The summed E-state index contributed by atoms with van der Waals surface area (Å²) in [4.78, 5) is 34.0. The Morgan fingerprint density at radius 1 is 1.22 bits per heavy atom. The Balaban J connectivity index is 2.58. The number of esters is 1. The minimum absolute atomic E-state index is 0.0206. The number of ketones is 1. The summed E-state index contributed by atoms with van der Waals surface area (Å²) in [6.07, 6.45) is 0. The fourth-order valence-corrected chi connectivity index (χ4v) is 1.74. The Morgan fingerprint density at radius 2 is 1.89 bits per heavy atom. The fraction of sp³-hybridized carbons (Fsp3) is 0.0833. The molecular weight excluding hydrogens is 240 g/mol. The third-order valence-electron chi connectivity index (χ3n) is 2.62. The zero-order valence-electron chi connectivity index (χ0n) is 9.26. The minimum Gasteiger partial charge on any atom is -0.506 e.